The number of nitro benzene ring substituents is 1. The number of anilines is 1. The Bertz CT molecular complexity index is 733. The second-order valence-electron chi connectivity index (χ2n) is 4.28. The van der Waals surface area contributed by atoms with E-state index in [1.807, 2.05) is 6.26 Å². The van der Waals surface area contributed by atoms with E-state index in [-0.39, 0.29) is 10.7 Å². The van der Waals surface area contributed by atoms with Crippen LogP contribution in [0.5, 0.6) is 0 Å². The first-order chi connectivity index (χ1) is 10.5. The lowest BCUT2D eigenvalue weighted by Crippen LogP contribution is -2.23. The van der Waals surface area contributed by atoms with Crippen LogP contribution in [0.1, 0.15) is 0 Å². The van der Waals surface area contributed by atoms with Crippen LogP contribution in [0.3, 0.4) is 0 Å². The van der Waals surface area contributed by atoms with E-state index in [9.17, 15) is 14.9 Å². The number of non-ortho nitro benzene ring substituents is 1. The van der Waals surface area contributed by atoms with Gasteiger partial charge in [0.1, 0.15) is 5.02 Å². The van der Waals surface area contributed by atoms with Gasteiger partial charge in [-0.25, -0.2) is 0 Å². The molecule has 0 bridgehead atoms. The summed E-state index contributed by atoms with van der Waals surface area (Å²) in [6.45, 7) is 0.670. The highest BCUT2D eigenvalue weighted by Crippen LogP contribution is 2.18. The molecule has 116 valence electrons. The number of nitrogens with one attached hydrogen (secondary N) is 1. The Morgan fingerprint density at radius 3 is 2.68 bits per heavy atom. The van der Waals surface area contributed by atoms with Gasteiger partial charge < -0.3 is 5.32 Å². The second kappa shape index (κ2) is 7.28. The summed E-state index contributed by atoms with van der Waals surface area (Å²) in [6, 6.07) is 5.51. The molecule has 0 unspecified atom stereocenters. The van der Waals surface area contributed by atoms with Gasteiger partial charge in [0.05, 0.1) is 22.5 Å². The topological polar surface area (TPSA) is 90.1 Å². The Morgan fingerprint density at radius 2 is 2.09 bits per heavy atom. The molecular formula is C13H13ClN4O3S. The highest BCUT2D eigenvalue weighted by molar-refractivity contribution is 7.98. The number of rotatable bonds is 6. The second-order valence-corrected chi connectivity index (χ2v) is 5.65. The summed E-state index contributed by atoms with van der Waals surface area (Å²) in [6.07, 6.45) is 3.44. The molecule has 0 aliphatic carbocycles. The van der Waals surface area contributed by atoms with Crippen LogP contribution < -0.4 is 10.9 Å². The van der Waals surface area contributed by atoms with Gasteiger partial charge >= 0.3 is 0 Å². The standard InChI is InChI=1S/C13H13ClN4O3S/c1-22-7-6-15-11-8-16-17(13(19)12(11)14)9-2-4-10(5-3-9)18(20)21/h2-5,8,15H,6-7H2,1H3. The summed E-state index contributed by atoms with van der Waals surface area (Å²) in [5.74, 6) is 0.877. The number of halogens is 1. The first kappa shape index (κ1) is 16.3. The van der Waals surface area contributed by atoms with E-state index in [4.69, 9.17) is 11.6 Å². The van der Waals surface area contributed by atoms with Gasteiger partial charge in [-0.05, 0) is 18.4 Å². The highest BCUT2D eigenvalue weighted by Gasteiger charge is 2.11. The van der Waals surface area contributed by atoms with E-state index in [2.05, 4.69) is 10.4 Å². The van der Waals surface area contributed by atoms with Crippen molar-refractivity contribution in [2.75, 3.05) is 23.9 Å². The molecule has 7 nitrogen and oxygen atoms in total. The van der Waals surface area contributed by atoms with Crippen LogP contribution >= 0.6 is 23.4 Å². The molecule has 2 rings (SSSR count). The number of thioether (sulfide) groups is 1. The molecule has 0 saturated heterocycles. The van der Waals surface area contributed by atoms with Crippen molar-refractivity contribution in [3.8, 4) is 5.69 Å². The molecule has 0 fully saturated rings. The fraction of sp³-hybridized carbons (Fsp3) is 0.231. The number of hydrogen-bond acceptors (Lipinski definition) is 6. The van der Waals surface area contributed by atoms with E-state index in [1.54, 1.807) is 11.8 Å². The van der Waals surface area contributed by atoms with Gasteiger partial charge in [-0.15, -0.1) is 0 Å². The molecule has 1 heterocycles. The quantitative estimate of drug-likeness (QED) is 0.494. The fourth-order valence-corrected chi connectivity index (χ4v) is 2.25. The first-order valence-corrected chi connectivity index (χ1v) is 8.07. The van der Waals surface area contributed by atoms with Gasteiger partial charge in [-0.1, -0.05) is 11.6 Å². The third-order valence-corrected chi connectivity index (χ3v) is 3.82. The highest BCUT2D eigenvalue weighted by atomic mass is 35.5. The Labute approximate surface area is 135 Å². The summed E-state index contributed by atoms with van der Waals surface area (Å²) in [4.78, 5) is 22.4. The molecule has 0 aliphatic rings. The van der Waals surface area contributed by atoms with Crippen LogP contribution in [0.15, 0.2) is 35.3 Å². The lowest BCUT2D eigenvalue weighted by molar-refractivity contribution is -0.384. The zero-order valence-electron chi connectivity index (χ0n) is 11.7. The van der Waals surface area contributed by atoms with Crippen molar-refractivity contribution in [2.45, 2.75) is 0 Å². The van der Waals surface area contributed by atoms with Crippen LogP contribution in [0.25, 0.3) is 5.69 Å². The van der Waals surface area contributed by atoms with Gasteiger partial charge in [0, 0.05) is 24.4 Å². The molecule has 22 heavy (non-hydrogen) atoms. The van der Waals surface area contributed by atoms with Gasteiger partial charge in [0.2, 0.25) is 0 Å². The van der Waals surface area contributed by atoms with Crippen molar-refractivity contribution in [1.29, 1.82) is 0 Å². The molecule has 0 saturated carbocycles. The zero-order valence-corrected chi connectivity index (χ0v) is 13.2. The van der Waals surface area contributed by atoms with Gasteiger partial charge in [-0.3, -0.25) is 14.9 Å². The largest absolute Gasteiger partial charge is 0.382 e. The van der Waals surface area contributed by atoms with Crippen molar-refractivity contribution in [2.24, 2.45) is 0 Å². The van der Waals surface area contributed by atoms with Gasteiger partial charge in [0.25, 0.3) is 11.2 Å². The molecule has 0 amide bonds. The SMILES string of the molecule is CSCCNc1cnn(-c2ccc([N+](=O)[O-])cc2)c(=O)c1Cl. The molecular weight excluding hydrogens is 328 g/mol. The molecule has 9 heteroatoms. The summed E-state index contributed by atoms with van der Waals surface area (Å²) in [7, 11) is 0. The van der Waals surface area contributed by atoms with E-state index in [0.717, 1.165) is 10.4 Å². The minimum Gasteiger partial charge on any atom is -0.382 e. The average Bonchev–Trinajstić information content (AvgIpc) is 2.52. The Morgan fingerprint density at radius 1 is 1.41 bits per heavy atom. The summed E-state index contributed by atoms with van der Waals surface area (Å²) in [5, 5.41) is 17.7. The number of benzene rings is 1. The molecule has 0 radical (unpaired) electrons. The predicted octanol–water partition coefficient (Wildman–Crippen LogP) is 2.57. The smallest absolute Gasteiger partial charge is 0.292 e. The molecule has 0 aliphatic heterocycles. The van der Waals surface area contributed by atoms with Crippen LogP contribution in [-0.4, -0.2) is 33.3 Å². The fourth-order valence-electron chi connectivity index (χ4n) is 1.74. The lowest BCUT2D eigenvalue weighted by Gasteiger charge is -2.09. The van der Waals surface area contributed by atoms with E-state index in [1.165, 1.54) is 30.5 Å². The van der Waals surface area contributed by atoms with E-state index in [0.29, 0.717) is 17.9 Å². The Balaban J connectivity index is 2.30. The maximum absolute atomic E-state index is 12.2. The van der Waals surface area contributed by atoms with Crippen LogP contribution in [0.4, 0.5) is 11.4 Å². The van der Waals surface area contributed by atoms with E-state index >= 15 is 0 Å². The van der Waals surface area contributed by atoms with Crippen LogP contribution in [0, 0.1) is 10.1 Å². The number of nitro groups is 1. The number of nitrogens with zero attached hydrogens (tertiary/aromatic N) is 3. The third-order valence-electron chi connectivity index (χ3n) is 2.85. The Hall–Kier alpha value is -2.06. The molecule has 1 N–H and O–H groups in total. The van der Waals surface area contributed by atoms with E-state index < -0.39 is 10.5 Å². The normalized spacial score (nSPS) is 10.5. The molecule has 1 aromatic heterocycles. The summed E-state index contributed by atoms with van der Waals surface area (Å²) < 4.78 is 1.10. The van der Waals surface area contributed by atoms with Crippen LogP contribution in [-0.2, 0) is 0 Å². The number of hydrogen-bond donors (Lipinski definition) is 1. The summed E-state index contributed by atoms with van der Waals surface area (Å²) >= 11 is 7.73. The molecule has 1 aromatic carbocycles. The minimum atomic E-state index is -0.508. The Kier molecular flexibility index (Phi) is 5.40. The molecule has 2 aromatic rings. The van der Waals surface area contributed by atoms with Gasteiger partial charge in [0.15, 0.2) is 0 Å². The van der Waals surface area contributed by atoms with Crippen molar-refractivity contribution >= 4 is 34.7 Å². The van der Waals surface area contributed by atoms with Gasteiger partial charge in [-0.2, -0.15) is 21.5 Å². The zero-order chi connectivity index (χ0) is 16.1. The molecule has 0 atom stereocenters. The first-order valence-electron chi connectivity index (χ1n) is 6.30. The minimum absolute atomic E-state index is 0.0365. The summed E-state index contributed by atoms with van der Waals surface area (Å²) in [5.41, 5.74) is 0.343. The maximum atomic E-state index is 12.2. The average molecular weight is 341 g/mol. The third kappa shape index (κ3) is 3.58. The lowest BCUT2D eigenvalue weighted by atomic mass is 10.3. The van der Waals surface area contributed by atoms with Crippen molar-refractivity contribution < 1.29 is 4.92 Å². The maximum Gasteiger partial charge on any atom is 0.292 e. The molecule has 0 spiro atoms. The number of aromatic nitrogens is 2. The van der Waals surface area contributed by atoms with Crippen molar-refractivity contribution in [3.63, 3.8) is 0 Å². The van der Waals surface area contributed by atoms with Crippen molar-refractivity contribution in [3.05, 3.63) is 56.0 Å². The van der Waals surface area contributed by atoms with Crippen molar-refractivity contribution in [1.82, 2.24) is 9.78 Å². The monoisotopic (exact) mass is 340 g/mol. The predicted molar refractivity (Wildman–Crippen MR) is 88.4 cm³/mol. The van der Waals surface area contributed by atoms with Crippen LogP contribution in [0.2, 0.25) is 5.02 Å².